The SMILES string of the molecule is CCOC(=O)C1CCN(C(=O)CN(C)C(=O)c2ccn(-c3cccc(F)c3)n2)CC1. The van der Waals surface area contributed by atoms with Crippen LogP contribution in [0.25, 0.3) is 5.69 Å². The number of halogens is 1. The van der Waals surface area contributed by atoms with Gasteiger partial charge in [-0.2, -0.15) is 5.10 Å². The first kappa shape index (κ1) is 21.5. The fourth-order valence-corrected chi connectivity index (χ4v) is 3.40. The first-order valence-electron chi connectivity index (χ1n) is 9.90. The van der Waals surface area contributed by atoms with E-state index in [2.05, 4.69) is 5.10 Å². The van der Waals surface area contributed by atoms with Gasteiger partial charge in [0, 0.05) is 26.3 Å². The van der Waals surface area contributed by atoms with E-state index >= 15 is 0 Å². The molecule has 1 aromatic heterocycles. The number of aromatic nitrogens is 2. The topological polar surface area (TPSA) is 84.7 Å². The van der Waals surface area contributed by atoms with Gasteiger partial charge in [0.1, 0.15) is 5.82 Å². The standard InChI is InChI=1S/C21H25FN4O4/c1-3-30-21(29)15-7-10-25(11-8-15)19(27)14-24(2)20(28)18-9-12-26(23-18)17-6-4-5-16(22)13-17/h4-6,9,12-13,15H,3,7-8,10-11,14H2,1-2H3. The summed E-state index contributed by atoms with van der Waals surface area (Å²) in [5.74, 6) is -1.38. The van der Waals surface area contributed by atoms with Gasteiger partial charge in [0.05, 0.1) is 24.8 Å². The predicted octanol–water partition coefficient (Wildman–Crippen LogP) is 1.89. The van der Waals surface area contributed by atoms with Crippen LogP contribution in [-0.4, -0.2) is 70.7 Å². The predicted molar refractivity (Wildman–Crippen MR) is 106 cm³/mol. The number of carbonyl (C=O) groups is 3. The lowest BCUT2D eigenvalue weighted by Crippen LogP contribution is -2.45. The maximum Gasteiger partial charge on any atom is 0.309 e. The Bertz CT molecular complexity index is 921. The zero-order valence-corrected chi connectivity index (χ0v) is 17.1. The number of carbonyl (C=O) groups excluding carboxylic acids is 3. The summed E-state index contributed by atoms with van der Waals surface area (Å²) in [5.41, 5.74) is 0.660. The van der Waals surface area contributed by atoms with Gasteiger partial charge in [-0.3, -0.25) is 14.4 Å². The second-order valence-electron chi connectivity index (χ2n) is 7.19. The number of hydrogen-bond acceptors (Lipinski definition) is 5. The largest absolute Gasteiger partial charge is 0.466 e. The zero-order chi connectivity index (χ0) is 21.7. The van der Waals surface area contributed by atoms with Crippen LogP contribution in [0.2, 0.25) is 0 Å². The Morgan fingerprint density at radius 3 is 2.63 bits per heavy atom. The first-order valence-corrected chi connectivity index (χ1v) is 9.90. The molecule has 1 fully saturated rings. The molecule has 1 saturated heterocycles. The number of ether oxygens (including phenoxy) is 1. The van der Waals surface area contributed by atoms with E-state index in [9.17, 15) is 18.8 Å². The number of likely N-dealkylation sites (tertiary alicyclic amines) is 1. The van der Waals surface area contributed by atoms with E-state index in [0.717, 1.165) is 0 Å². The Morgan fingerprint density at radius 2 is 1.97 bits per heavy atom. The Hall–Kier alpha value is -3.23. The number of hydrogen-bond donors (Lipinski definition) is 0. The summed E-state index contributed by atoms with van der Waals surface area (Å²) in [6.07, 6.45) is 2.68. The Kier molecular flexibility index (Phi) is 6.81. The van der Waals surface area contributed by atoms with Gasteiger partial charge in [0.2, 0.25) is 5.91 Å². The Labute approximate surface area is 174 Å². The molecule has 1 aliphatic heterocycles. The van der Waals surface area contributed by atoms with Gasteiger partial charge in [-0.15, -0.1) is 0 Å². The van der Waals surface area contributed by atoms with E-state index in [4.69, 9.17) is 4.74 Å². The molecule has 2 heterocycles. The van der Waals surface area contributed by atoms with Crippen LogP contribution in [0.15, 0.2) is 36.5 Å². The molecule has 30 heavy (non-hydrogen) atoms. The molecule has 2 amide bonds. The number of likely N-dealkylation sites (N-methyl/N-ethyl adjacent to an activating group) is 1. The highest BCUT2D eigenvalue weighted by Crippen LogP contribution is 2.19. The molecule has 9 heteroatoms. The third-order valence-electron chi connectivity index (χ3n) is 5.07. The van der Waals surface area contributed by atoms with Gasteiger partial charge in [0.25, 0.3) is 5.91 Å². The molecule has 1 aromatic carbocycles. The first-order chi connectivity index (χ1) is 14.4. The quantitative estimate of drug-likeness (QED) is 0.672. The fourth-order valence-electron chi connectivity index (χ4n) is 3.40. The summed E-state index contributed by atoms with van der Waals surface area (Å²) in [4.78, 5) is 40.0. The summed E-state index contributed by atoms with van der Waals surface area (Å²) in [6, 6.07) is 7.41. The highest BCUT2D eigenvalue weighted by atomic mass is 19.1. The molecular weight excluding hydrogens is 391 g/mol. The second-order valence-corrected chi connectivity index (χ2v) is 7.19. The van der Waals surface area contributed by atoms with E-state index in [0.29, 0.717) is 38.2 Å². The lowest BCUT2D eigenvalue weighted by molar-refractivity contribution is -0.151. The van der Waals surface area contributed by atoms with Crippen molar-refractivity contribution >= 4 is 17.8 Å². The highest BCUT2D eigenvalue weighted by molar-refractivity contribution is 5.94. The van der Waals surface area contributed by atoms with Crippen molar-refractivity contribution in [3.63, 3.8) is 0 Å². The molecule has 8 nitrogen and oxygen atoms in total. The molecule has 1 aliphatic rings. The van der Waals surface area contributed by atoms with Crippen molar-refractivity contribution in [2.45, 2.75) is 19.8 Å². The van der Waals surface area contributed by atoms with Crippen molar-refractivity contribution in [1.29, 1.82) is 0 Å². The molecule has 0 spiro atoms. The van der Waals surface area contributed by atoms with Crippen LogP contribution in [0.3, 0.4) is 0 Å². The minimum absolute atomic E-state index is 0.0876. The Morgan fingerprint density at radius 1 is 1.23 bits per heavy atom. The molecule has 0 saturated carbocycles. The van der Waals surface area contributed by atoms with Gasteiger partial charge < -0.3 is 14.5 Å². The van der Waals surface area contributed by atoms with Gasteiger partial charge in [-0.05, 0) is 44.0 Å². The number of benzene rings is 1. The third-order valence-corrected chi connectivity index (χ3v) is 5.07. The summed E-state index contributed by atoms with van der Waals surface area (Å²) < 4.78 is 19.8. The van der Waals surface area contributed by atoms with Crippen LogP contribution in [0.1, 0.15) is 30.3 Å². The summed E-state index contributed by atoms with van der Waals surface area (Å²) in [7, 11) is 1.53. The normalized spacial score (nSPS) is 14.4. The van der Waals surface area contributed by atoms with Crippen LogP contribution < -0.4 is 0 Å². The maximum atomic E-state index is 13.4. The molecule has 0 aliphatic carbocycles. The van der Waals surface area contributed by atoms with Gasteiger partial charge >= 0.3 is 5.97 Å². The number of amides is 2. The van der Waals surface area contributed by atoms with Crippen molar-refractivity contribution in [3.8, 4) is 5.69 Å². The molecule has 160 valence electrons. The number of esters is 1. The van der Waals surface area contributed by atoms with Crippen LogP contribution in [0, 0.1) is 11.7 Å². The molecule has 0 unspecified atom stereocenters. The highest BCUT2D eigenvalue weighted by Gasteiger charge is 2.29. The van der Waals surface area contributed by atoms with Crippen molar-refractivity contribution in [3.05, 3.63) is 48.0 Å². The van der Waals surface area contributed by atoms with Crippen LogP contribution in [0.5, 0.6) is 0 Å². The molecule has 0 radical (unpaired) electrons. The number of nitrogens with zero attached hydrogens (tertiary/aromatic N) is 4. The monoisotopic (exact) mass is 416 g/mol. The van der Waals surface area contributed by atoms with Gasteiger partial charge in [0.15, 0.2) is 5.69 Å². The number of rotatable bonds is 6. The van der Waals surface area contributed by atoms with E-state index in [1.807, 2.05) is 0 Å². The van der Waals surface area contributed by atoms with Crippen molar-refractivity contribution in [2.75, 3.05) is 33.3 Å². The molecular formula is C21H25FN4O4. The van der Waals surface area contributed by atoms with Crippen molar-refractivity contribution < 1.29 is 23.5 Å². The lowest BCUT2D eigenvalue weighted by Gasteiger charge is -2.32. The lowest BCUT2D eigenvalue weighted by atomic mass is 9.97. The van der Waals surface area contributed by atoms with E-state index in [1.54, 1.807) is 30.2 Å². The molecule has 2 aromatic rings. The molecule has 0 N–H and O–H groups in total. The molecule has 0 atom stereocenters. The van der Waals surface area contributed by atoms with Crippen LogP contribution >= 0.6 is 0 Å². The average molecular weight is 416 g/mol. The van der Waals surface area contributed by atoms with Gasteiger partial charge in [-0.1, -0.05) is 6.07 Å². The number of piperidine rings is 1. The summed E-state index contributed by atoms with van der Waals surface area (Å²) in [6.45, 7) is 2.94. The smallest absolute Gasteiger partial charge is 0.309 e. The fraction of sp³-hybridized carbons (Fsp3) is 0.429. The van der Waals surface area contributed by atoms with E-state index < -0.39 is 11.7 Å². The van der Waals surface area contributed by atoms with E-state index in [1.165, 1.54) is 34.8 Å². The summed E-state index contributed by atoms with van der Waals surface area (Å²) >= 11 is 0. The maximum absolute atomic E-state index is 13.4. The van der Waals surface area contributed by atoms with E-state index in [-0.39, 0.29) is 30.0 Å². The third kappa shape index (κ3) is 5.03. The average Bonchev–Trinajstić information content (AvgIpc) is 3.23. The second kappa shape index (κ2) is 9.51. The van der Waals surface area contributed by atoms with Crippen LogP contribution in [0.4, 0.5) is 4.39 Å². The summed E-state index contributed by atoms with van der Waals surface area (Å²) in [5, 5.41) is 4.19. The van der Waals surface area contributed by atoms with Crippen molar-refractivity contribution in [1.82, 2.24) is 19.6 Å². The minimum Gasteiger partial charge on any atom is -0.466 e. The van der Waals surface area contributed by atoms with Crippen molar-refractivity contribution in [2.24, 2.45) is 5.92 Å². The Balaban J connectivity index is 1.55. The zero-order valence-electron chi connectivity index (χ0n) is 17.1. The molecule has 0 bridgehead atoms. The van der Waals surface area contributed by atoms with Gasteiger partial charge in [-0.25, -0.2) is 9.07 Å². The molecule has 3 rings (SSSR count). The van der Waals surface area contributed by atoms with Crippen LogP contribution in [-0.2, 0) is 14.3 Å². The minimum atomic E-state index is -0.403.